The number of likely N-dealkylation sites (tertiary alicyclic amines) is 1. The summed E-state index contributed by atoms with van der Waals surface area (Å²) in [4.78, 5) is 2.65. The predicted octanol–water partition coefficient (Wildman–Crippen LogP) is 4.10. The molecular weight excluding hydrogens is 254 g/mol. The average Bonchev–Trinajstić information content (AvgIpc) is 2.52. The Labute approximate surface area is 129 Å². The fourth-order valence-corrected chi connectivity index (χ4v) is 5.54. The van der Waals surface area contributed by atoms with Crippen molar-refractivity contribution in [1.82, 2.24) is 4.90 Å². The SMILES string of the molecule is C=CCc1ccc2c(c1)[C@]13CCCC[C@@H]1C(C2)N(C)CC3. The zero-order valence-electron chi connectivity index (χ0n) is 13.3. The molecule has 21 heavy (non-hydrogen) atoms. The van der Waals surface area contributed by atoms with E-state index in [4.69, 9.17) is 0 Å². The Bertz CT molecular complexity index is 561. The highest BCUT2D eigenvalue weighted by atomic mass is 15.1. The maximum Gasteiger partial charge on any atom is 0.0169 e. The highest BCUT2D eigenvalue weighted by Gasteiger charge is 2.52. The molecule has 3 aliphatic rings. The summed E-state index contributed by atoms with van der Waals surface area (Å²) in [5.74, 6) is 0.900. The zero-order valence-corrected chi connectivity index (χ0v) is 13.3. The Morgan fingerprint density at radius 3 is 3.10 bits per heavy atom. The Morgan fingerprint density at radius 2 is 2.24 bits per heavy atom. The van der Waals surface area contributed by atoms with Crippen LogP contribution in [-0.2, 0) is 18.3 Å². The molecule has 2 fully saturated rings. The molecule has 0 radical (unpaired) electrons. The summed E-state index contributed by atoms with van der Waals surface area (Å²) >= 11 is 0. The summed E-state index contributed by atoms with van der Waals surface area (Å²) in [5, 5.41) is 0. The molecule has 1 aliphatic heterocycles. The highest BCUT2D eigenvalue weighted by molar-refractivity contribution is 5.44. The Balaban J connectivity index is 1.85. The quantitative estimate of drug-likeness (QED) is 0.738. The minimum atomic E-state index is 0.500. The van der Waals surface area contributed by atoms with Crippen molar-refractivity contribution >= 4 is 0 Å². The molecule has 0 aromatic heterocycles. The molecule has 2 aliphatic carbocycles. The average molecular weight is 281 g/mol. The third-order valence-corrected chi connectivity index (χ3v) is 6.56. The molecule has 1 aromatic carbocycles. The fourth-order valence-electron chi connectivity index (χ4n) is 5.54. The van der Waals surface area contributed by atoms with Crippen LogP contribution in [0.2, 0.25) is 0 Å². The van der Waals surface area contributed by atoms with Gasteiger partial charge in [0.1, 0.15) is 0 Å². The maximum absolute atomic E-state index is 3.91. The van der Waals surface area contributed by atoms with Gasteiger partial charge in [-0.05, 0) is 68.3 Å². The lowest BCUT2D eigenvalue weighted by atomic mass is 9.52. The number of benzene rings is 1. The van der Waals surface area contributed by atoms with Gasteiger partial charge < -0.3 is 4.90 Å². The number of nitrogens with zero attached hydrogens (tertiary/aromatic N) is 1. The van der Waals surface area contributed by atoms with Gasteiger partial charge in [0.25, 0.3) is 0 Å². The van der Waals surface area contributed by atoms with E-state index < -0.39 is 0 Å². The lowest BCUT2D eigenvalue weighted by Crippen LogP contribution is -2.59. The molecular formula is C20H27N. The Hall–Kier alpha value is -1.08. The molecule has 2 bridgehead atoms. The summed E-state index contributed by atoms with van der Waals surface area (Å²) in [6.45, 7) is 5.20. The van der Waals surface area contributed by atoms with Crippen LogP contribution >= 0.6 is 0 Å². The second kappa shape index (κ2) is 4.98. The molecule has 4 rings (SSSR count). The molecule has 0 N–H and O–H groups in total. The molecule has 1 saturated carbocycles. The summed E-state index contributed by atoms with van der Waals surface area (Å²) in [5.41, 5.74) is 5.31. The van der Waals surface area contributed by atoms with Gasteiger partial charge in [-0.25, -0.2) is 0 Å². The smallest absolute Gasteiger partial charge is 0.0169 e. The first kappa shape index (κ1) is 13.6. The van der Waals surface area contributed by atoms with Crippen molar-refractivity contribution in [3.63, 3.8) is 0 Å². The molecule has 1 heterocycles. The number of rotatable bonds is 2. The molecule has 3 atom stereocenters. The van der Waals surface area contributed by atoms with Crippen molar-refractivity contribution < 1.29 is 0 Å². The van der Waals surface area contributed by atoms with Crippen LogP contribution in [0, 0.1) is 5.92 Å². The van der Waals surface area contributed by atoms with Gasteiger partial charge in [-0.15, -0.1) is 6.58 Å². The maximum atomic E-state index is 3.91. The number of likely N-dealkylation sites (N-methyl/N-ethyl adjacent to an activating group) is 1. The van der Waals surface area contributed by atoms with E-state index in [-0.39, 0.29) is 0 Å². The summed E-state index contributed by atoms with van der Waals surface area (Å²) in [6.07, 6.45) is 11.4. The molecule has 1 saturated heterocycles. The van der Waals surface area contributed by atoms with Gasteiger partial charge in [0.15, 0.2) is 0 Å². The molecule has 1 nitrogen and oxygen atoms in total. The molecule has 0 spiro atoms. The summed E-state index contributed by atoms with van der Waals surface area (Å²) < 4.78 is 0. The van der Waals surface area contributed by atoms with Crippen molar-refractivity contribution in [3.8, 4) is 0 Å². The van der Waals surface area contributed by atoms with Crippen LogP contribution in [0.25, 0.3) is 0 Å². The summed E-state index contributed by atoms with van der Waals surface area (Å²) in [7, 11) is 2.35. The van der Waals surface area contributed by atoms with Crippen LogP contribution < -0.4 is 0 Å². The van der Waals surface area contributed by atoms with Crippen molar-refractivity contribution in [2.24, 2.45) is 5.92 Å². The largest absolute Gasteiger partial charge is 0.303 e. The topological polar surface area (TPSA) is 3.24 Å². The van der Waals surface area contributed by atoms with Crippen LogP contribution in [0.3, 0.4) is 0 Å². The first-order valence-electron chi connectivity index (χ1n) is 8.68. The minimum absolute atomic E-state index is 0.500. The number of piperidine rings is 1. The first-order valence-corrected chi connectivity index (χ1v) is 8.68. The lowest BCUT2D eigenvalue weighted by Gasteiger charge is -2.58. The lowest BCUT2D eigenvalue weighted by molar-refractivity contribution is 0.00282. The van der Waals surface area contributed by atoms with Gasteiger partial charge in [-0.1, -0.05) is 37.1 Å². The van der Waals surface area contributed by atoms with E-state index in [1.54, 1.807) is 11.1 Å². The Kier molecular flexibility index (Phi) is 3.22. The highest BCUT2D eigenvalue weighted by Crippen LogP contribution is 2.55. The van der Waals surface area contributed by atoms with E-state index in [1.807, 2.05) is 6.08 Å². The second-order valence-corrected chi connectivity index (χ2v) is 7.49. The molecule has 112 valence electrons. The van der Waals surface area contributed by atoms with Gasteiger partial charge in [0.2, 0.25) is 0 Å². The standard InChI is InChI=1S/C20H27N/c1-3-6-15-8-9-16-14-19-17-7-4-5-10-20(17,18(16)13-15)11-12-21(19)2/h3,8-9,13,17,19H,1,4-7,10-12,14H2,2H3/t17-,19?,20+/m1/s1. The molecule has 1 unspecified atom stereocenters. The summed E-state index contributed by atoms with van der Waals surface area (Å²) in [6, 6.07) is 8.08. The molecule has 1 heteroatoms. The van der Waals surface area contributed by atoms with Gasteiger partial charge in [0.05, 0.1) is 0 Å². The third kappa shape index (κ3) is 1.93. The van der Waals surface area contributed by atoms with Crippen molar-refractivity contribution in [1.29, 1.82) is 0 Å². The number of hydrogen-bond acceptors (Lipinski definition) is 1. The molecule has 1 aromatic rings. The predicted molar refractivity (Wildman–Crippen MR) is 88.7 cm³/mol. The van der Waals surface area contributed by atoms with Crippen molar-refractivity contribution in [2.75, 3.05) is 13.6 Å². The van der Waals surface area contributed by atoms with Crippen LogP contribution in [0.15, 0.2) is 30.9 Å². The van der Waals surface area contributed by atoms with Gasteiger partial charge >= 0.3 is 0 Å². The van der Waals surface area contributed by atoms with Crippen LogP contribution in [0.5, 0.6) is 0 Å². The normalized spacial score (nSPS) is 34.9. The van der Waals surface area contributed by atoms with E-state index in [0.29, 0.717) is 5.41 Å². The first-order chi connectivity index (χ1) is 10.2. The monoisotopic (exact) mass is 281 g/mol. The Morgan fingerprint density at radius 1 is 1.33 bits per heavy atom. The number of fused-ring (bicyclic) bond motifs is 1. The molecule has 0 amide bonds. The second-order valence-electron chi connectivity index (χ2n) is 7.49. The van der Waals surface area contributed by atoms with Gasteiger partial charge in [0, 0.05) is 11.5 Å². The van der Waals surface area contributed by atoms with Crippen molar-refractivity contribution in [2.45, 2.75) is 56.4 Å². The fraction of sp³-hybridized carbons (Fsp3) is 0.600. The third-order valence-electron chi connectivity index (χ3n) is 6.56. The van der Waals surface area contributed by atoms with E-state index in [9.17, 15) is 0 Å². The van der Waals surface area contributed by atoms with E-state index in [1.165, 1.54) is 50.6 Å². The zero-order chi connectivity index (χ0) is 14.4. The van der Waals surface area contributed by atoms with Gasteiger partial charge in [-0.2, -0.15) is 0 Å². The van der Waals surface area contributed by atoms with Crippen LogP contribution in [-0.4, -0.2) is 24.5 Å². The minimum Gasteiger partial charge on any atom is -0.303 e. The number of allylic oxidation sites excluding steroid dienone is 1. The van der Waals surface area contributed by atoms with Crippen molar-refractivity contribution in [3.05, 3.63) is 47.5 Å². The van der Waals surface area contributed by atoms with E-state index in [0.717, 1.165) is 18.4 Å². The van der Waals surface area contributed by atoms with Crippen LogP contribution in [0.1, 0.15) is 48.8 Å². The van der Waals surface area contributed by atoms with Gasteiger partial charge in [-0.3, -0.25) is 0 Å². The number of hydrogen-bond donors (Lipinski definition) is 0. The van der Waals surface area contributed by atoms with E-state index >= 15 is 0 Å². The van der Waals surface area contributed by atoms with E-state index in [2.05, 4.69) is 36.7 Å². The van der Waals surface area contributed by atoms with Crippen LogP contribution in [0.4, 0.5) is 0 Å².